The van der Waals surface area contributed by atoms with Gasteiger partial charge in [-0.2, -0.15) is 5.10 Å². The van der Waals surface area contributed by atoms with Gasteiger partial charge in [0.1, 0.15) is 12.7 Å². The Bertz CT molecular complexity index is 813. The highest BCUT2D eigenvalue weighted by Crippen LogP contribution is 2.22. The Hall–Kier alpha value is -2.47. The molecule has 1 amide bonds. The Kier molecular flexibility index (Phi) is 4.76. The van der Waals surface area contributed by atoms with E-state index in [4.69, 9.17) is 0 Å². The van der Waals surface area contributed by atoms with Crippen LogP contribution < -0.4 is 0 Å². The van der Waals surface area contributed by atoms with Crippen LogP contribution in [0.1, 0.15) is 28.9 Å². The van der Waals surface area contributed by atoms with E-state index in [1.165, 1.54) is 6.33 Å². The second-order valence-corrected chi connectivity index (χ2v) is 6.45. The number of hydrogen-bond donors (Lipinski definition) is 0. The van der Waals surface area contributed by atoms with Crippen LogP contribution in [0, 0.1) is 0 Å². The fraction of sp³-hybridized carbons (Fsp3) is 0.167. The van der Waals surface area contributed by atoms with E-state index < -0.39 is 0 Å². The Balaban J connectivity index is 1.76. The smallest absolute Gasteiger partial charge is 0.254 e. The minimum Gasteiger partial charge on any atom is -0.335 e. The zero-order valence-corrected chi connectivity index (χ0v) is 15.0. The van der Waals surface area contributed by atoms with E-state index in [1.54, 1.807) is 15.9 Å². The molecule has 1 heterocycles. The Morgan fingerprint density at radius 1 is 1.12 bits per heavy atom. The molecule has 3 aromatic rings. The molecule has 0 saturated heterocycles. The zero-order valence-electron chi connectivity index (χ0n) is 13.4. The van der Waals surface area contributed by atoms with Crippen molar-refractivity contribution in [2.24, 2.45) is 0 Å². The van der Waals surface area contributed by atoms with Crippen LogP contribution in [0.5, 0.6) is 0 Å². The molecule has 0 unspecified atom stereocenters. The van der Waals surface area contributed by atoms with Crippen molar-refractivity contribution in [2.75, 3.05) is 7.05 Å². The summed E-state index contributed by atoms with van der Waals surface area (Å²) in [5.74, 6) is -0.00430. The van der Waals surface area contributed by atoms with Gasteiger partial charge in [-0.15, -0.1) is 0 Å². The predicted molar refractivity (Wildman–Crippen MR) is 96.0 cm³/mol. The molecule has 0 fully saturated rings. The number of rotatable bonds is 4. The standard InChI is InChI=1S/C18H17BrN4O/c1-13(22(2)18(24)15-3-7-16(19)8-4-15)14-5-9-17(10-6-14)23-12-20-11-21-23/h3-13H,1-2H3/t13-/m0/s1. The first-order valence-electron chi connectivity index (χ1n) is 7.54. The van der Waals surface area contributed by atoms with Gasteiger partial charge >= 0.3 is 0 Å². The van der Waals surface area contributed by atoms with Crippen LogP contribution in [0.25, 0.3) is 5.69 Å². The molecule has 2 aromatic carbocycles. The maximum absolute atomic E-state index is 12.6. The van der Waals surface area contributed by atoms with Gasteiger partial charge in [-0.1, -0.05) is 28.1 Å². The normalized spacial score (nSPS) is 12.0. The molecule has 6 heteroatoms. The van der Waals surface area contributed by atoms with Crippen LogP contribution in [-0.2, 0) is 0 Å². The van der Waals surface area contributed by atoms with Crippen molar-refractivity contribution >= 4 is 21.8 Å². The summed E-state index contributed by atoms with van der Waals surface area (Å²) in [7, 11) is 1.82. The van der Waals surface area contributed by atoms with Crippen LogP contribution in [-0.4, -0.2) is 32.6 Å². The maximum atomic E-state index is 12.6. The van der Waals surface area contributed by atoms with E-state index in [9.17, 15) is 4.79 Å². The highest BCUT2D eigenvalue weighted by atomic mass is 79.9. The first kappa shape index (κ1) is 16.4. The molecule has 3 rings (SSSR count). The van der Waals surface area contributed by atoms with Gasteiger partial charge in [-0.25, -0.2) is 9.67 Å². The number of halogens is 1. The summed E-state index contributed by atoms with van der Waals surface area (Å²) in [5, 5.41) is 4.11. The number of aromatic nitrogens is 3. The summed E-state index contributed by atoms with van der Waals surface area (Å²) in [4.78, 5) is 18.3. The predicted octanol–water partition coefficient (Wildman–Crippen LogP) is 3.86. The van der Waals surface area contributed by atoms with Gasteiger partial charge in [0.15, 0.2) is 0 Å². The fourth-order valence-corrected chi connectivity index (χ4v) is 2.71. The van der Waals surface area contributed by atoms with Crippen molar-refractivity contribution in [1.29, 1.82) is 0 Å². The number of carbonyl (C=O) groups excluding carboxylic acids is 1. The lowest BCUT2D eigenvalue weighted by Crippen LogP contribution is -2.29. The Labute approximate surface area is 149 Å². The van der Waals surface area contributed by atoms with Crippen LogP contribution in [0.4, 0.5) is 0 Å². The van der Waals surface area contributed by atoms with E-state index in [0.29, 0.717) is 5.56 Å². The average Bonchev–Trinajstić information content (AvgIpc) is 3.15. The summed E-state index contributed by atoms with van der Waals surface area (Å²) in [6.45, 7) is 2.02. The molecule has 0 N–H and O–H groups in total. The molecule has 0 aliphatic carbocycles. The van der Waals surface area contributed by atoms with E-state index in [0.717, 1.165) is 15.7 Å². The summed E-state index contributed by atoms with van der Waals surface area (Å²) in [5.41, 5.74) is 2.67. The van der Waals surface area contributed by atoms with Crippen LogP contribution in [0.3, 0.4) is 0 Å². The van der Waals surface area contributed by atoms with Crippen molar-refractivity contribution in [2.45, 2.75) is 13.0 Å². The van der Waals surface area contributed by atoms with Crippen molar-refractivity contribution in [1.82, 2.24) is 19.7 Å². The number of benzene rings is 2. The molecule has 0 aliphatic rings. The first-order valence-corrected chi connectivity index (χ1v) is 8.33. The monoisotopic (exact) mass is 384 g/mol. The second kappa shape index (κ2) is 6.97. The van der Waals surface area contributed by atoms with Crippen molar-refractivity contribution in [3.8, 4) is 5.69 Å². The molecule has 5 nitrogen and oxygen atoms in total. The first-order chi connectivity index (χ1) is 11.6. The molecule has 122 valence electrons. The lowest BCUT2D eigenvalue weighted by Gasteiger charge is -2.25. The molecular weight excluding hydrogens is 368 g/mol. The van der Waals surface area contributed by atoms with E-state index in [2.05, 4.69) is 26.0 Å². The second-order valence-electron chi connectivity index (χ2n) is 5.53. The summed E-state index contributed by atoms with van der Waals surface area (Å²) >= 11 is 3.38. The topological polar surface area (TPSA) is 51.0 Å². The summed E-state index contributed by atoms with van der Waals surface area (Å²) in [6, 6.07) is 15.3. The molecule has 24 heavy (non-hydrogen) atoms. The van der Waals surface area contributed by atoms with E-state index in [1.807, 2.05) is 62.5 Å². The van der Waals surface area contributed by atoms with Crippen LogP contribution in [0.15, 0.2) is 65.7 Å². The maximum Gasteiger partial charge on any atom is 0.254 e. The van der Waals surface area contributed by atoms with Gasteiger partial charge in [-0.3, -0.25) is 4.79 Å². The highest BCUT2D eigenvalue weighted by Gasteiger charge is 2.18. The molecule has 0 radical (unpaired) electrons. The van der Waals surface area contributed by atoms with Crippen LogP contribution >= 0.6 is 15.9 Å². The molecule has 0 aliphatic heterocycles. The van der Waals surface area contributed by atoms with Gasteiger partial charge in [0.25, 0.3) is 5.91 Å². The molecule has 0 saturated carbocycles. The molecule has 1 aromatic heterocycles. The highest BCUT2D eigenvalue weighted by molar-refractivity contribution is 9.10. The van der Waals surface area contributed by atoms with Gasteiger partial charge in [-0.05, 0) is 48.9 Å². The number of nitrogens with zero attached hydrogens (tertiary/aromatic N) is 4. The Morgan fingerprint density at radius 2 is 1.79 bits per heavy atom. The zero-order chi connectivity index (χ0) is 17.1. The third-order valence-electron chi connectivity index (χ3n) is 4.05. The molecule has 1 atom stereocenters. The quantitative estimate of drug-likeness (QED) is 0.685. The van der Waals surface area contributed by atoms with Crippen molar-refractivity contribution in [3.05, 3.63) is 76.8 Å². The fourth-order valence-electron chi connectivity index (χ4n) is 2.44. The van der Waals surface area contributed by atoms with Gasteiger partial charge in [0, 0.05) is 17.1 Å². The van der Waals surface area contributed by atoms with Gasteiger partial charge in [0.2, 0.25) is 0 Å². The van der Waals surface area contributed by atoms with Crippen LogP contribution in [0.2, 0.25) is 0 Å². The van der Waals surface area contributed by atoms with E-state index >= 15 is 0 Å². The lowest BCUT2D eigenvalue weighted by molar-refractivity contribution is 0.0742. The average molecular weight is 385 g/mol. The number of hydrogen-bond acceptors (Lipinski definition) is 3. The van der Waals surface area contributed by atoms with Gasteiger partial charge in [0.05, 0.1) is 11.7 Å². The minimum absolute atomic E-state index is 0.00430. The lowest BCUT2D eigenvalue weighted by atomic mass is 10.1. The minimum atomic E-state index is -0.0362. The molecular formula is C18H17BrN4O. The number of amides is 1. The molecule has 0 bridgehead atoms. The van der Waals surface area contributed by atoms with Gasteiger partial charge < -0.3 is 4.90 Å². The number of carbonyl (C=O) groups is 1. The third kappa shape index (κ3) is 3.38. The summed E-state index contributed by atoms with van der Waals surface area (Å²) < 4.78 is 2.66. The summed E-state index contributed by atoms with van der Waals surface area (Å²) in [6.07, 6.45) is 3.16. The molecule has 0 spiro atoms. The van der Waals surface area contributed by atoms with E-state index in [-0.39, 0.29) is 11.9 Å². The third-order valence-corrected chi connectivity index (χ3v) is 4.58. The SMILES string of the molecule is C[C@@H](c1ccc(-n2cncn2)cc1)N(C)C(=O)c1ccc(Br)cc1. The largest absolute Gasteiger partial charge is 0.335 e. The van der Waals surface area contributed by atoms with Crippen molar-refractivity contribution < 1.29 is 4.79 Å². The van der Waals surface area contributed by atoms with Crippen molar-refractivity contribution in [3.63, 3.8) is 0 Å². The Morgan fingerprint density at radius 3 is 2.38 bits per heavy atom.